The molecule has 0 fully saturated rings. The molecule has 0 unspecified atom stereocenters. The minimum Gasteiger partial charge on any atom is -0.508 e. The summed E-state index contributed by atoms with van der Waals surface area (Å²) in [5.74, 6) is 0.246. The van der Waals surface area contributed by atoms with E-state index in [9.17, 15) is 9.90 Å². The molecule has 0 saturated carbocycles. The highest BCUT2D eigenvalue weighted by molar-refractivity contribution is 5.95. The number of hydrogen-bond donors (Lipinski definition) is 1. The maximum Gasteiger partial charge on any atom is 0.227 e. The van der Waals surface area contributed by atoms with E-state index < -0.39 is 0 Å². The molecule has 0 radical (unpaired) electrons. The topological polar surface area (TPSA) is 41.2 Å². The number of carbonyl (C=O) groups excluding carboxylic acids is 1. The molecule has 0 aliphatic heterocycles. The van der Waals surface area contributed by atoms with Crippen LogP contribution in [0, 0.1) is 0 Å². The number of aromatic hydroxyl groups is 1. The van der Waals surface area contributed by atoms with Gasteiger partial charge < -0.3 is 5.11 Å². The molecule has 98 valence electrons. The summed E-state index contributed by atoms with van der Waals surface area (Å²) >= 11 is 0. The Morgan fingerprint density at radius 2 is 1.80 bits per heavy atom. The molecule has 1 aromatic heterocycles. The van der Waals surface area contributed by atoms with Gasteiger partial charge in [-0.15, -0.1) is 0 Å². The molecule has 3 heteroatoms. The van der Waals surface area contributed by atoms with Gasteiger partial charge in [-0.25, -0.2) is 0 Å². The van der Waals surface area contributed by atoms with Crippen LogP contribution in [0.25, 0.3) is 10.9 Å². The summed E-state index contributed by atoms with van der Waals surface area (Å²) in [5, 5.41) is 10.6. The Hall–Kier alpha value is -2.68. The van der Waals surface area contributed by atoms with Crippen molar-refractivity contribution < 1.29 is 14.5 Å². The third-order valence-electron chi connectivity index (χ3n) is 3.27. The Bertz CT molecular complexity index is 766. The average Bonchev–Trinajstić information content (AvgIpc) is 2.49. The van der Waals surface area contributed by atoms with E-state index >= 15 is 0 Å². The standard InChI is InChI=1S/C17H13NO2/c19-15-9-8-13-7-4-10-18(16(13)11-15)12-17(20)14-5-2-1-3-6-14/h1-11H,12H2/p+1. The molecular formula is C17H14NO2+. The molecule has 3 aromatic rings. The van der Waals surface area contributed by atoms with Crippen molar-refractivity contribution in [2.45, 2.75) is 6.54 Å². The number of fused-ring (bicyclic) bond motifs is 1. The number of carbonyl (C=O) groups is 1. The lowest BCUT2D eigenvalue weighted by atomic mass is 10.1. The Morgan fingerprint density at radius 1 is 1.00 bits per heavy atom. The monoisotopic (exact) mass is 264 g/mol. The van der Waals surface area contributed by atoms with E-state index in [1.165, 1.54) is 0 Å². The van der Waals surface area contributed by atoms with Crippen LogP contribution in [0.4, 0.5) is 0 Å². The van der Waals surface area contributed by atoms with Crippen LogP contribution in [0.1, 0.15) is 10.4 Å². The fraction of sp³-hybridized carbons (Fsp3) is 0.0588. The highest BCUT2D eigenvalue weighted by Gasteiger charge is 2.15. The van der Waals surface area contributed by atoms with E-state index in [4.69, 9.17) is 0 Å². The maximum absolute atomic E-state index is 12.3. The van der Waals surface area contributed by atoms with Crippen molar-refractivity contribution in [3.8, 4) is 5.75 Å². The molecule has 0 amide bonds. The molecule has 20 heavy (non-hydrogen) atoms. The number of hydrogen-bond acceptors (Lipinski definition) is 2. The number of Topliss-reactive ketones (excluding diaryl/α,β-unsaturated/α-hetero) is 1. The molecule has 1 heterocycles. The molecule has 0 saturated heterocycles. The van der Waals surface area contributed by atoms with Crippen LogP contribution in [0.15, 0.2) is 66.9 Å². The van der Waals surface area contributed by atoms with Crippen molar-refractivity contribution in [2.24, 2.45) is 0 Å². The van der Waals surface area contributed by atoms with Crippen molar-refractivity contribution >= 4 is 16.7 Å². The van der Waals surface area contributed by atoms with Crippen molar-refractivity contribution in [3.63, 3.8) is 0 Å². The SMILES string of the molecule is O=C(C[n+]1cccc2ccc(O)cc21)c1ccccc1. The van der Waals surface area contributed by atoms with Crippen LogP contribution in [-0.4, -0.2) is 10.9 Å². The Kier molecular flexibility index (Phi) is 3.17. The van der Waals surface area contributed by atoms with Gasteiger partial charge in [0.15, 0.2) is 6.20 Å². The second-order valence-electron chi connectivity index (χ2n) is 4.67. The lowest BCUT2D eigenvalue weighted by Gasteiger charge is -2.02. The zero-order valence-electron chi connectivity index (χ0n) is 10.9. The Balaban J connectivity index is 1.99. The van der Waals surface area contributed by atoms with E-state index in [1.54, 1.807) is 12.1 Å². The Morgan fingerprint density at radius 3 is 2.60 bits per heavy atom. The molecular weight excluding hydrogens is 250 g/mol. The number of ketones is 1. The summed E-state index contributed by atoms with van der Waals surface area (Å²) in [4.78, 5) is 12.3. The fourth-order valence-electron chi connectivity index (χ4n) is 2.26. The van der Waals surface area contributed by atoms with Gasteiger partial charge in [-0.3, -0.25) is 4.79 Å². The fourth-order valence-corrected chi connectivity index (χ4v) is 2.26. The Labute approximate surface area is 116 Å². The van der Waals surface area contributed by atoms with Crippen LogP contribution >= 0.6 is 0 Å². The van der Waals surface area contributed by atoms with Gasteiger partial charge in [-0.2, -0.15) is 4.57 Å². The number of rotatable bonds is 3. The van der Waals surface area contributed by atoms with Gasteiger partial charge >= 0.3 is 0 Å². The summed E-state index contributed by atoms with van der Waals surface area (Å²) in [7, 11) is 0. The third-order valence-corrected chi connectivity index (χ3v) is 3.27. The first kappa shape index (κ1) is 12.4. The second kappa shape index (κ2) is 5.13. The summed E-state index contributed by atoms with van der Waals surface area (Å²) < 4.78 is 1.85. The van der Waals surface area contributed by atoms with Crippen LogP contribution in [0.2, 0.25) is 0 Å². The molecule has 0 atom stereocenters. The first-order valence-corrected chi connectivity index (χ1v) is 6.43. The number of aromatic nitrogens is 1. The molecule has 3 rings (SSSR count). The molecule has 0 aliphatic carbocycles. The zero-order valence-corrected chi connectivity index (χ0v) is 10.9. The van der Waals surface area contributed by atoms with Crippen LogP contribution < -0.4 is 4.57 Å². The van der Waals surface area contributed by atoms with Crippen LogP contribution in [-0.2, 0) is 6.54 Å². The van der Waals surface area contributed by atoms with Crippen LogP contribution in [0.3, 0.4) is 0 Å². The first-order chi connectivity index (χ1) is 9.74. The van der Waals surface area contributed by atoms with Crippen molar-refractivity contribution in [2.75, 3.05) is 0 Å². The van der Waals surface area contributed by atoms with Gasteiger partial charge in [0.05, 0.1) is 6.07 Å². The summed E-state index contributed by atoms with van der Waals surface area (Å²) in [5.41, 5.74) is 1.54. The summed E-state index contributed by atoms with van der Waals surface area (Å²) in [6.07, 6.45) is 1.85. The number of benzene rings is 2. The lowest BCUT2D eigenvalue weighted by molar-refractivity contribution is -0.657. The minimum atomic E-state index is 0.0476. The number of phenolic OH excluding ortho intramolecular Hbond substituents is 1. The molecule has 3 nitrogen and oxygen atoms in total. The van der Waals surface area contributed by atoms with E-state index in [-0.39, 0.29) is 18.1 Å². The van der Waals surface area contributed by atoms with E-state index in [0.29, 0.717) is 5.56 Å². The largest absolute Gasteiger partial charge is 0.508 e. The average molecular weight is 264 g/mol. The van der Waals surface area contributed by atoms with Gasteiger partial charge in [0.2, 0.25) is 17.8 Å². The predicted molar refractivity (Wildman–Crippen MR) is 76.6 cm³/mol. The summed E-state index contributed by atoms with van der Waals surface area (Å²) in [6.45, 7) is 0.255. The van der Waals surface area contributed by atoms with Crippen molar-refractivity contribution in [1.29, 1.82) is 0 Å². The molecule has 0 spiro atoms. The van der Waals surface area contributed by atoms with Crippen molar-refractivity contribution in [3.05, 3.63) is 72.4 Å². The highest BCUT2D eigenvalue weighted by Crippen LogP contribution is 2.16. The lowest BCUT2D eigenvalue weighted by Crippen LogP contribution is -2.38. The van der Waals surface area contributed by atoms with Gasteiger partial charge in [-0.1, -0.05) is 30.3 Å². The first-order valence-electron chi connectivity index (χ1n) is 6.43. The quantitative estimate of drug-likeness (QED) is 0.583. The predicted octanol–water partition coefficient (Wildman–Crippen LogP) is 2.72. The normalized spacial score (nSPS) is 10.6. The van der Waals surface area contributed by atoms with Gasteiger partial charge in [0.1, 0.15) is 5.75 Å². The van der Waals surface area contributed by atoms with Crippen LogP contribution in [0.5, 0.6) is 5.75 Å². The second-order valence-corrected chi connectivity index (χ2v) is 4.67. The molecule has 2 aromatic carbocycles. The van der Waals surface area contributed by atoms with E-state index in [1.807, 2.05) is 59.3 Å². The van der Waals surface area contributed by atoms with E-state index in [0.717, 1.165) is 10.9 Å². The number of nitrogens with zero attached hydrogens (tertiary/aromatic N) is 1. The minimum absolute atomic E-state index is 0.0476. The van der Waals surface area contributed by atoms with Gasteiger partial charge in [-0.05, 0) is 18.2 Å². The smallest absolute Gasteiger partial charge is 0.227 e. The molecule has 1 N–H and O–H groups in total. The van der Waals surface area contributed by atoms with Crippen molar-refractivity contribution in [1.82, 2.24) is 0 Å². The summed E-state index contributed by atoms with van der Waals surface area (Å²) in [6, 6.07) is 18.2. The maximum atomic E-state index is 12.3. The van der Waals surface area contributed by atoms with Gasteiger partial charge in [0, 0.05) is 17.0 Å². The van der Waals surface area contributed by atoms with Gasteiger partial charge in [0.25, 0.3) is 0 Å². The highest BCUT2D eigenvalue weighted by atomic mass is 16.3. The third kappa shape index (κ3) is 2.38. The molecule has 0 bridgehead atoms. The number of phenols is 1. The zero-order chi connectivity index (χ0) is 13.9. The number of pyridine rings is 1. The van der Waals surface area contributed by atoms with E-state index in [2.05, 4.69) is 0 Å². The molecule has 0 aliphatic rings.